The van der Waals surface area contributed by atoms with Gasteiger partial charge in [0.1, 0.15) is 0 Å². The molecule has 17 heavy (non-hydrogen) atoms. The summed E-state index contributed by atoms with van der Waals surface area (Å²) in [6.45, 7) is 0. The normalized spacial score (nSPS) is 14.2. The van der Waals surface area contributed by atoms with Crippen LogP contribution in [0.2, 0.25) is 0 Å². The van der Waals surface area contributed by atoms with E-state index in [1.165, 1.54) is 20.9 Å². The molecule has 0 radical (unpaired) electrons. The van der Waals surface area contributed by atoms with Gasteiger partial charge >= 0.3 is 0 Å². The average molecular weight is 261 g/mol. The Morgan fingerprint density at radius 2 is 1.41 bits per heavy atom. The molecule has 2 aromatic carbocycles. The van der Waals surface area contributed by atoms with Crippen LogP contribution >= 0.6 is 23.4 Å². The monoisotopic (exact) mass is 260 g/mol. The molecule has 2 heteroatoms. The summed E-state index contributed by atoms with van der Waals surface area (Å²) >= 11 is 7.83. The highest BCUT2D eigenvalue weighted by Crippen LogP contribution is 2.46. The number of fused-ring (bicyclic) bond motifs is 2. The van der Waals surface area contributed by atoms with Crippen molar-refractivity contribution in [2.24, 2.45) is 0 Å². The quantitative estimate of drug-likeness (QED) is 0.691. The van der Waals surface area contributed by atoms with Crippen LogP contribution in [-0.2, 0) is 0 Å². The molecule has 0 amide bonds. The predicted molar refractivity (Wildman–Crippen MR) is 74.2 cm³/mol. The fourth-order valence-corrected chi connectivity index (χ4v) is 3.83. The maximum Gasteiger partial charge on any atom is 0.0232 e. The van der Waals surface area contributed by atoms with Gasteiger partial charge in [0.2, 0.25) is 0 Å². The highest BCUT2D eigenvalue weighted by molar-refractivity contribution is 7.99. The molecule has 0 bridgehead atoms. The molecule has 0 atom stereocenters. The zero-order valence-electron chi connectivity index (χ0n) is 9.40. The molecule has 0 unspecified atom stereocenters. The van der Waals surface area contributed by atoms with E-state index in [4.69, 9.17) is 11.6 Å². The molecule has 0 spiro atoms. The minimum absolute atomic E-state index is 0.459. The molecule has 0 N–H and O–H groups in total. The lowest BCUT2D eigenvalue weighted by Gasteiger charge is -2.27. The highest BCUT2D eigenvalue weighted by atomic mass is 35.5. The van der Waals surface area contributed by atoms with Gasteiger partial charge in [-0.3, -0.25) is 0 Å². The van der Waals surface area contributed by atoms with Crippen LogP contribution in [0, 0.1) is 0 Å². The number of benzene rings is 2. The highest BCUT2D eigenvalue weighted by Gasteiger charge is 2.24. The molecule has 0 saturated heterocycles. The van der Waals surface area contributed by atoms with Gasteiger partial charge < -0.3 is 0 Å². The van der Waals surface area contributed by atoms with Crippen molar-refractivity contribution in [1.29, 1.82) is 0 Å². The Labute approximate surface area is 111 Å². The second kappa shape index (κ2) is 4.75. The molecule has 1 aliphatic heterocycles. The molecular formula is C15H13ClS. The molecule has 1 aliphatic rings. The number of rotatable bonds is 2. The Bertz CT molecular complexity index is 490. The van der Waals surface area contributed by atoms with Crippen molar-refractivity contribution < 1.29 is 0 Å². The van der Waals surface area contributed by atoms with E-state index in [1.54, 1.807) is 0 Å². The van der Waals surface area contributed by atoms with Gasteiger partial charge in [0.25, 0.3) is 0 Å². The van der Waals surface area contributed by atoms with Gasteiger partial charge in [-0.2, -0.15) is 0 Å². The topological polar surface area (TPSA) is 0 Å². The van der Waals surface area contributed by atoms with Crippen molar-refractivity contribution in [2.75, 3.05) is 5.88 Å². The van der Waals surface area contributed by atoms with Crippen LogP contribution in [0.1, 0.15) is 23.5 Å². The maximum atomic E-state index is 5.96. The average Bonchev–Trinajstić information content (AvgIpc) is 2.39. The first kappa shape index (κ1) is 11.2. The van der Waals surface area contributed by atoms with Crippen LogP contribution in [0.15, 0.2) is 58.3 Å². The minimum atomic E-state index is 0.459. The molecule has 0 aromatic heterocycles. The van der Waals surface area contributed by atoms with E-state index in [0.717, 1.165) is 6.42 Å². The van der Waals surface area contributed by atoms with Crippen molar-refractivity contribution >= 4 is 23.4 Å². The van der Waals surface area contributed by atoms with Gasteiger partial charge in [0.05, 0.1) is 0 Å². The molecular weight excluding hydrogens is 248 g/mol. The lowest BCUT2D eigenvalue weighted by atomic mass is 9.88. The molecule has 0 aliphatic carbocycles. The molecule has 0 fully saturated rings. The molecule has 86 valence electrons. The third-order valence-corrected chi connectivity index (χ3v) is 4.61. The van der Waals surface area contributed by atoms with E-state index >= 15 is 0 Å². The molecule has 1 heterocycles. The molecule has 0 nitrogen and oxygen atoms in total. The Hall–Kier alpha value is -0.920. The number of halogens is 1. The van der Waals surface area contributed by atoms with Crippen LogP contribution in [0.3, 0.4) is 0 Å². The van der Waals surface area contributed by atoms with Gasteiger partial charge in [0.15, 0.2) is 0 Å². The van der Waals surface area contributed by atoms with E-state index < -0.39 is 0 Å². The summed E-state index contributed by atoms with van der Waals surface area (Å²) in [6.07, 6.45) is 1.01. The van der Waals surface area contributed by atoms with E-state index in [1.807, 2.05) is 11.8 Å². The maximum absolute atomic E-state index is 5.96. The van der Waals surface area contributed by atoms with Gasteiger partial charge in [0, 0.05) is 21.6 Å². The lowest BCUT2D eigenvalue weighted by molar-refractivity contribution is 0.743. The van der Waals surface area contributed by atoms with Crippen LogP contribution in [0.5, 0.6) is 0 Å². The predicted octanol–water partition coefficient (Wildman–Crippen LogP) is 4.91. The third-order valence-electron chi connectivity index (χ3n) is 3.21. The van der Waals surface area contributed by atoms with Crippen LogP contribution < -0.4 is 0 Å². The fourth-order valence-electron chi connectivity index (χ4n) is 2.43. The first-order valence-corrected chi connectivity index (χ1v) is 7.17. The second-order valence-electron chi connectivity index (χ2n) is 4.21. The summed E-state index contributed by atoms with van der Waals surface area (Å²) < 4.78 is 0. The van der Waals surface area contributed by atoms with Gasteiger partial charge in [-0.25, -0.2) is 0 Å². The smallest absolute Gasteiger partial charge is 0.0232 e. The summed E-state index contributed by atoms with van der Waals surface area (Å²) in [5.41, 5.74) is 2.86. The summed E-state index contributed by atoms with van der Waals surface area (Å²) in [6, 6.07) is 17.3. The first-order valence-electron chi connectivity index (χ1n) is 5.82. The Balaban J connectivity index is 2.13. The molecule has 2 aromatic rings. The number of alkyl halides is 1. The van der Waals surface area contributed by atoms with Gasteiger partial charge in [-0.1, -0.05) is 48.2 Å². The summed E-state index contributed by atoms with van der Waals surface area (Å²) in [5, 5.41) is 0. The standard InChI is InChI=1S/C15H13ClS/c16-10-9-11-12-5-1-3-7-14(12)17-15-8-4-2-6-13(11)15/h1-8,11H,9-10H2. The number of hydrogen-bond acceptors (Lipinski definition) is 1. The van der Waals surface area contributed by atoms with Crippen molar-refractivity contribution in [1.82, 2.24) is 0 Å². The van der Waals surface area contributed by atoms with Crippen molar-refractivity contribution in [3.05, 3.63) is 59.7 Å². The Morgan fingerprint density at radius 3 is 1.94 bits per heavy atom. The molecule has 0 saturated carbocycles. The van der Waals surface area contributed by atoms with E-state index in [9.17, 15) is 0 Å². The van der Waals surface area contributed by atoms with Gasteiger partial charge in [-0.05, 0) is 29.7 Å². The zero-order valence-corrected chi connectivity index (χ0v) is 11.0. The zero-order chi connectivity index (χ0) is 11.7. The fraction of sp³-hybridized carbons (Fsp3) is 0.200. The van der Waals surface area contributed by atoms with E-state index in [2.05, 4.69) is 48.5 Å². The molecule has 3 rings (SSSR count). The number of hydrogen-bond donors (Lipinski definition) is 0. The van der Waals surface area contributed by atoms with Crippen molar-refractivity contribution in [3.8, 4) is 0 Å². The summed E-state index contributed by atoms with van der Waals surface area (Å²) in [5.74, 6) is 1.17. The minimum Gasteiger partial charge on any atom is -0.127 e. The lowest BCUT2D eigenvalue weighted by Crippen LogP contribution is -2.08. The van der Waals surface area contributed by atoms with Crippen LogP contribution in [-0.4, -0.2) is 5.88 Å². The largest absolute Gasteiger partial charge is 0.127 e. The van der Waals surface area contributed by atoms with Crippen molar-refractivity contribution in [2.45, 2.75) is 22.1 Å². The van der Waals surface area contributed by atoms with Crippen molar-refractivity contribution in [3.63, 3.8) is 0 Å². The van der Waals surface area contributed by atoms with Crippen LogP contribution in [0.4, 0.5) is 0 Å². The van der Waals surface area contributed by atoms with E-state index in [0.29, 0.717) is 11.8 Å². The Morgan fingerprint density at radius 1 is 0.882 bits per heavy atom. The second-order valence-corrected chi connectivity index (χ2v) is 5.67. The van der Waals surface area contributed by atoms with E-state index in [-0.39, 0.29) is 0 Å². The Kier molecular flexibility index (Phi) is 3.13. The van der Waals surface area contributed by atoms with Gasteiger partial charge in [-0.15, -0.1) is 11.6 Å². The third kappa shape index (κ3) is 1.98. The van der Waals surface area contributed by atoms with Crippen LogP contribution in [0.25, 0.3) is 0 Å². The SMILES string of the molecule is ClCCC1c2ccccc2Sc2ccccc21. The first-order chi connectivity index (χ1) is 8.40. The summed E-state index contributed by atoms with van der Waals surface area (Å²) in [4.78, 5) is 2.75. The summed E-state index contributed by atoms with van der Waals surface area (Å²) in [7, 11) is 0.